The molecule has 1 heterocycles. The quantitative estimate of drug-likeness (QED) is 0.347. The normalized spacial score (nSPS) is 10.8. The van der Waals surface area contributed by atoms with E-state index in [1.807, 2.05) is 66.7 Å². The Kier molecular flexibility index (Phi) is 4.62. The minimum absolute atomic E-state index is 0.0424. The summed E-state index contributed by atoms with van der Waals surface area (Å²) in [6.45, 7) is 0. The van der Waals surface area contributed by atoms with Gasteiger partial charge < -0.3 is 4.74 Å². The van der Waals surface area contributed by atoms with Crippen LogP contribution in [0.4, 0.5) is 0 Å². The van der Waals surface area contributed by atoms with Crippen LogP contribution in [-0.4, -0.2) is 12.9 Å². The number of fused-ring (bicyclic) bond motifs is 1. The lowest BCUT2D eigenvalue weighted by atomic mass is 9.98. The first-order valence-electron chi connectivity index (χ1n) is 8.13. The standard InChI is InChI=1S/C22H15BrO2S/c1-25-17-12-8-15(9-13-17)22-20(18-4-2-3-5-19(18)26-22)21(24)14-6-10-16(23)11-7-14/h2-13H,1H3. The van der Waals surface area contributed by atoms with Gasteiger partial charge in [0.2, 0.25) is 0 Å². The molecule has 4 rings (SSSR count). The number of benzene rings is 3. The number of ether oxygens (including phenoxy) is 1. The smallest absolute Gasteiger partial charge is 0.195 e. The Balaban J connectivity index is 1.91. The van der Waals surface area contributed by atoms with Gasteiger partial charge in [0.1, 0.15) is 5.75 Å². The van der Waals surface area contributed by atoms with Gasteiger partial charge in [-0.3, -0.25) is 4.79 Å². The molecule has 4 heteroatoms. The molecule has 0 atom stereocenters. The predicted molar refractivity (Wildman–Crippen MR) is 111 cm³/mol. The van der Waals surface area contributed by atoms with Crippen LogP contribution in [0.5, 0.6) is 5.75 Å². The van der Waals surface area contributed by atoms with Crippen molar-refractivity contribution in [3.8, 4) is 16.2 Å². The van der Waals surface area contributed by atoms with E-state index in [0.717, 1.165) is 36.3 Å². The highest BCUT2D eigenvalue weighted by atomic mass is 79.9. The Bertz CT molecular complexity index is 1080. The lowest BCUT2D eigenvalue weighted by Crippen LogP contribution is -2.01. The van der Waals surface area contributed by atoms with Gasteiger partial charge in [-0.2, -0.15) is 0 Å². The summed E-state index contributed by atoms with van der Waals surface area (Å²) in [4.78, 5) is 14.3. The number of carbonyl (C=O) groups excluding carboxylic acids is 1. The maximum absolute atomic E-state index is 13.3. The van der Waals surface area contributed by atoms with Crippen LogP contribution < -0.4 is 4.74 Å². The van der Waals surface area contributed by atoms with E-state index in [1.54, 1.807) is 18.4 Å². The number of ketones is 1. The van der Waals surface area contributed by atoms with Crippen molar-refractivity contribution in [3.05, 3.63) is 88.4 Å². The fourth-order valence-corrected chi connectivity index (χ4v) is 4.43. The van der Waals surface area contributed by atoms with E-state index in [1.165, 1.54) is 0 Å². The molecule has 0 unspecified atom stereocenters. The molecule has 0 radical (unpaired) electrons. The average Bonchev–Trinajstić information content (AvgIpc) is 3.07. The predicted octanol–water partition coefficient (Wildman–Crippen LogP) is 6.57. The van der Waals surface area contributed by atoms with E-state index in [9.17, 15) is 4.79 Å². The summed E-state index contributed by atoms with van der Waals surface area (Å²) >= 11 is 5.07. The van der Waals surface area contributed by atoms with Crippen molar-refractivity contribution >= 4 is 43.1 Å². The summed E-state index contributed by atoms with van der Waals surface area (Å²) in [6, 6.07) is 23.4. The molecule has 0 bridgehead atoms. The van der Waals surface area contributed by atoms with Crippen LogP contribution in [0.1, 0.15) is 15.9 Å². The van der Waals surface area contributed by atoms with Crippen molar-refractivity contribution in [1.82, 2.24) is 0 Å². The third kappa shape index (κ3) is 3.06. The monoisotopic (exact) mass is 422 g/mol. The first-order valence-corrected chi connectivity index (χ1v) is 9.74. The van der Waals surface area contributed by atoms with Gasteiger partial charge in [0, 0.05) is 30.6 Å². The highest BCUT2D eigenvalue weighted by molar-refractivity contribution is 9.10. The van der Waals surface area contributed by atoms with Gasteiger partial charge in [-0.15, -0.1) is 11.3 Å². The highest BCUT2D eigenvalue weighted by Gasteiger charge is 2.21. The van der Waals surface area contributed by atoms with E-state index in [0.29, 0.717) is 5.56 Å². The number of hydrogen-bond acceptors (Lipinski definition) is 3. The molecule has 1 aromatic heterocycles. The summed E-state index contributed by atoms with van der Waals surface area (Å²) in [7, 11) is 1.65. The van der Waals surface area contributed by atoms with Gasteiger partial charge in [0.05, 0.1) is 7.11 Å². The van der Waals surface area contributed by atoms with Crippen LogP contribution in [0.3, 0.4) is 0 Å². The van der Waals surface area contributed by atoms with Crippen molar-refractivity contribution in [2.24, 2.45) is 0 Å². The zero-order valence-electron chi connectivity index (χ0n) is 14.0. The van der Waals surface area contributed by atoms with Crippen LogP contribution in [0.2, 0.25) is 0 Å². The molecule has 0 aliphatic carbocycles. The molecular weight excluding hydrogens is 408 g/mol. The molecule has 0 N–H and O–H groups in total. The Morgan fingerprint density at radius 1 is 0.923 bits per heavy atom. The van der Waals surface area contributed by atoms with Crippen LogP contribution >= 0.6 is 27.3 Å². The molecule has 128 valence electrons. The number of rotatable bonds is 4. The Labute approximate surface area is 164 Å². The van der Waals surface area contributed by atoms with Gasteiger partial charge in [0.15, 0.2) is 5.78 Å². The summed E-state index contributed by atoms with van der Waals surface area (Å²) in [5, 5.41) is 0.997. The molecular formula is C22H15BrO2S. The summed E-state index contributed by atoms with van der Waals surface area (Å²) < 4.78 is 7.32. The molecule has 26 heavy (non-hydrogen) atoms. The van der Waals surface area contributed by atoms with Crippen LogP contribution in [0, 0.1) is 0 Å². The van der Waals surface area contributed by atoms with E-state index in [2.05, 4.69) is 22.0 Å². The van der Waals surface area contributed by atoms with E-state index >= 15 is 0 Å². The second kappa shape index (κ2) is 7.06. The van der Waals surface area contributed by atoms with E-state index in [4.69, 9.17) is 4.74 Å². The third-order valence-corrected chi connectivity index (χ3v) is 6.03. The van der Waals surface area contributed by atoms with Gasteiger partial charge in [0.25, 0.3) is 0 Å². The first-order chi connectivity index (χ1) is 12.7. The van der Waals surface area contributed by atoms with Crippen molar-refractivity contribution in [2.75, 3.05) is 7.11 Å². The highest BCUT2D eigenvalue weighted by Crippen LogP contribution is 2.40. The molecule has 4 aromatic rings. The Hall–Kier alpha value is -2.43. The van der Waals surface area contributed by atoms with Gasteiger partial charge in [-0.1, -0.05) is 34.1 Å². The number of carbonyl (C=O) groups is 1. The summed E-state index contributed by atoms with van der Waals surface area (Å²) in [5.74, 6) is 0.844. The number of methoxy groups -OCH3 is 1. The van der Waals surface area contributed by atoms with E-state index < -0.39 is 0 Å². The fourth-order valence-electron chi connectivity index (χ4n) is 2.96. The average molecular weight is 423 g/mol. The SMILES string of the molecule is COc1ccc(-c2sc3ccccc3c2C(=O)c2ccc(Br)cc2)cc1. The molecule has 2 nitrogen and oxygen atoms in total. The third-order valence-electron chi connectivity index (χ3n) is 4.28. The van der Waals surface area contributed by atoms with Crippen LogP contribution in [0.25, 0.3) is 20.5 Å². The van der Waals surface area contributed by atoms with Crippen LogP contribution in [-0.2, 0) is 0 Å². The lowest BCUT2D eigenvalue weighted by Gasteiger charge is -2.06. The summed E-state index contributed by atoms with van der Waals surface area (Å²) in [5.41, 5.74) is 2.47. The minimum atomic E-state index is 0.0424. The number of thiophene rings is 1. The second-order valence-electron chi connectivity index (χ2n) is 5.87. The molecule has 0 saturated carbocycles. The van der Waals surface area contributed by atoms with Crippen molar-refractivity contribution in [2.45, 2.75) is 0 Å². The van der Waals surface area contributed by atoms with Gasteiger partial charge in [-0.25, -0.2) is 0 Å². The van der Waals surface area contributed by atoms with E-state index in [-0.39, 0.29) is 5.78 Å². The fraction of sp³-hybridized carbons (Fsp3) is 0.0455. The first kappa shape index (κ1) is 17.0. The molecule has 0 aliphatic heterocycles. The molecule has 0 fully saturated rings. The second-order valence-corrected chi connectivity index (χ2v) is 7.83. The van der Waals surface area contributed by atoms with Crippen molar-refractivity contribution in [3.63, 3.8) is 0 Å². The van der Waals surface area contributed by atoms with Gasteiger partial charge >= 0.3 is 0 Å². The molecule has 3 aromatic carbocycles. The molecule has 0 saturated heterocycles. The van der Waals surface area contributed by atoms with Gasteiger partial charge in [-0.05, 0) is 60.2 Å². The molecule has 0 amide bonds. The Morgan fingerprint density at radius 2 is 1.62 bits per heavy atom. The summed E-state index contributed by atoms with van der Waals surface area (Å²) in [6.07, 6.45) is 0. The zero-order chi connectivity index (χ0) is 18.1. The van der Waals surface area contributed by atoms with Crippen LogP contribution in [0.15, 0.2) is 77.3 Å². The minimum Gasteiger partial charge on any atom is -0.497 e. The van der Waals surface area contributed by atoms with Crippen molar-refractivity contribution in [1.29, 1.82) is 0 Å². The maximum Gasteiger partial charge on any atom is 0.195 e. The largest absolute Gasteiger partial charge is 0.497 e. The number of hydrogen-bond donors (Lipinski definition) is 0. The lowest BCUT2D eigenvalue weighted by molar-refractivity contribution is 0.104. The molecule has 0 aliphatic rings. The zero-order valence-corrected chi connectivity index (χ0v) is 16.4. The van der Waals surface area contributed by atoms with Crippen molar-refractivity contribution < 1.29 is 9.53 Å². The Morgan fingerprint density at radius 3 is 2.31 bits per heavy atom. The molecule has 0 spiro atoms. The number of halogens is 1. The topological polar surface area (TPSA) is 26.3 Å². The maximum atomic E-state index is 13.3.